The first-order valence-electron chi connectivity index (χ1n) is 4.68. The zero-order valence-electron chi connectivity index (χ0n) is 8.28. The average molecular weight is 300 g/mol. The molecule has 0 radical (unpaired) electrons. The van der Waals surface area contributed by atoms with E-state index in [0.717, 1.165) is 0 Å². The van der Waals surface area contributed by atoms with Crippen LogP contribution >= 0.6 is 6.25 Å². The Balaban J connectivity index is 2.38. The number of hydrogen-bond donors (Lipinski definition) is 0. The second-order valence-corrected chi connectivity index (χ2v) is 8.83. The van der Waals surface area contributed by atoms with Gasteiger partial charge in [0.1, 0.15) is 0 Å². The van der Waals surface area contributed by atoms with Crippen molar-refractivity contribution < 1.29 is 16.2 Å². The summed E-state index contributed by atoms with van der Waals surface area (Å²) in [5, 5.41) is 7.06. The number of hydrogen-bond acceptors (Lipinski definition) is 0. The quantitative estimate of drug-likeness (QED) is 0.604. The van der Waals surface area contributed by atoms with Gasteiger partial charge in [0.15, 0.2) is 0 Å². The fraction of sp³-hybridized carbons (Fsp3) is 0. The molecule has 0 saturated heterocycles. The minimum atomic E-state index is -0.170. The molecule has 0 nitrogen and oxygen atoms in total. The van der Waals surface area contributed by atoms with Gasteiger partial charge >= 0.3 is 98.8 Å². The Morgan fingerprint density at radius 1 is 0.733 bits per heavy atom. The van der Waals surface area contributed by atoms with Crippen LogP contribution in [0.15, 0.2) is 60.7 Å². The molecule has 0 spiro atoms. The fourth-order valence-electron chi connectivity index (χ4n) is 1.39. The van der Waals surface area contributed by atoms with Gasteiger partial charge in [0.05, 0.1) is 0 Å². The summed E-state index contributed by atoms with van der Waals surface area (Å²) in [6.45, 7) is 0. The van der Waals surface area contributed by atoms with E-state index in [2.05, 4.69) is 65.8 Å². The Morgan fingerprint density at radius 2 is 1.13 bits per heavy atom. The summed E-state index contributed by atoms with van der Waals surface area (Å²) in [5.74, 6) is 0. The van der Waals surface area contributed by atoms with Crippen LogP contribution in [0.25, 0.3) is 0 Å². The van der Waals surface area contributed by atoms with Crippen molar-refractivity contribution in [2.45, 2.75) is 0 Å². The third-order valence-electron chi connectivity index (χ3n) is 2.06. The van der Waals surface area contributed by atoms with E-state index >= 15 is 0 Å². The Hall–Kier alpha value is -0.637. The van der Waals surface area contributed by atoms with Crippen molar-refractivity contribution in [2.75, 3.05) is 0 Å². The van der Waals surface area contributed by atoms with E-state index in [1.54, 1.807) is 0 Å². The van der Waals surface area contributed by atoms with Gasteiger partial charge in [-0.2, -0.15) is 0 Å². The molecule has 15 heavy (non-hydrogen) atoms. The molecule has 0 aliphatic carbocycles. The average Bonchev–Trinajstić information content (AvgIpc) is 2.33. The molecule has 0 unspecified atom stereocenters. The Kier molecular flexibility index (Phi) is 3.95. The van der Waals surface area contributed by atoms with E-state index < -0.39 is 0 Å². The molecule has 2 aromatic carbocycles. The van der Waals surface area contributed by atoms with Crippen LogP contribution in [-0.2, 0) is 16.2 Å². The van der Waals surface area contributed by atoms with Gasteiger partial charge in [-0.15, -0.1) is 0 Å². The molecule has 0 aliphatic heterocycles. The summed E-state index contributed by atoms with van der Waals surface area (Å²) in [6.07, 6.45) is -0.170. The van der Waals surface area contributed by atoms with Gasteiger partial charge in [-0.25, -0.2) is 0 Å². The molecule has 0 N–H and O–H groups in total. The monoisotopic (exact) mass is 301 g/mol. The first-order valence-corrected chi connectivity index (χ1v) is 9.45. The molecule has 0 bridgehead atoms. The summed E-state index contributed by atoms with van der Waals surface area (Å²) < 4.78 is 0. The maximum atomic E-state index is 4.16. The van der Waals surface area contributed by atoms with Gasteiger partial charge in [-0.3, -0.25) is 0 Å². The van der Waals surface area contributed by atoms with Crippen molar-refractivity contribution in [1.29, 1.82) is 0 Å². The summed E-state index contributed by atoms with van der Waals surface area (Å²) in [4.78, 5) is 0. The van der Waals surface area contributed by atoms with Gasteiger partial charge in [0.25, 0.3) is 0 Å². The van der Waals surface area contributed by atoms with Crippen molar-refractivity contribution in [3.05, 3.63) is 60.7 Å². The summed E-state index contributed by atoms with van der Waals surface area (Å²) in [7, 11) is 0. The zero-order valence-corrected chi connectivity index (χ0v) is 10.9. The van der Waals surface area contributed by atoms with Gasteiger partial charge in [-0.1, -0.05) is 0 Å². The first-order chi connectivity index (χ1) is 7.42. The van der Waals surface area contributed by atoms with Crippen molar-refractivity contribution in [1.82, 2.24) is 0 Å². The molecule has 0 saturated carbocycles. The topological polar surface area (TPSA) is 0 Å². The van der Waals surface area contributed by atoms with Crippen molar-refractivity contribution in [2.24, 2.45) is 0 Å². The molecule has 0 fully saturated rings. The molecule has 0 heterocycles. The molecule has 2 rings (SSSR count). The maximum absolute atomic E-state index is 4.16. The predicted octanol–water partition coefficient (Wildman–Crippen LogP) is 2.55. The molecule has 0 amide bonds. The molecule has 2 aromatic rings. The van der Waals surface area contributed by atoms with Crippen molar-refractivity contribution >= 4 is 22.0 Å². The van der Waals surface area contributed by atoms with Crippen LogP contribution in [0.5, 0.6) is 0 Å². The molecule has 77 valence electrons. The van der Waals surface area contributed by atoms with Gasteiger partial charge < -0.3 is 0 Å². The molecular weight excluding hydrogens is 288 g/mol. The molecule has 0 aromatic heterocycles. The molecule has 0 atom stereocenters. The Morgan fingerprint density at radius 3 is 1.47 bits per heavy atom. The van der Waals surface area contributed by atoms with E-state index in [-0.39, 0.29) is 22.4 Å². The normalized spacial score (nSPS) is 10.5. The number of benzene rings is 2. The molecule has 0 aliphatic rings. The SMILES string of the molecule is [CH2]=[Ru][P](c1ccccc1)c1ccccc1. The summed E-state index contributed by atoms with van der Waals surface area (Å²) >= 11 is 0.174. The Labute approximate surface area is 98.7 Å². The van der Waals surface area contributed by atoms with E-state index in [1.165, 1.54) is 10.6 Å². The standard InChI is InChI=1S/C12H10P.CH2.Ru/c1-3-7-11(8-4-1)13-12-9-5-2-6-10-12;;/h1-10H;1H2;/q-1;;+1. The van der Waals surface area contributed by atoms with Crippen LogP contribution in [0.1, 0.15) is 0 Å². The third-order valence-corrected chi connectivity index (χ3v) is 8.11. The molecular formula is C13H12PRu. The fourth-order valence-corrected chi connectivity index (χ4v) is 6.26. The van der Waals surface area contributed by atoms with Crippen LogP contribution < -0.4 is 10.6 Å². The minimum absolute atomic E-state index is 0.170. The van der Waals surface area contributed by atoms with Gasteiger partial charge in [0.2, 0.25) is 0 Å². The van der Waals surface area contributed by atoms with Crippen molar-refractivity contribution in [3.8, 4) is 0 Å². The van der Waals surface area contributed by atoms with E-state index in [4.69, 9.17) is 0 Å². The second kappa shape index (κ2) is 5.45. The first kappa shape index (κ1) is 10.9. The third kappa shape index (κ3) is 2.68. The van der Waals surface area contributed by atoms with Crippen LogP contribution in [0.2, 0.25) is 0 Å². The van der Waals surface area contributed by atoms with Crippen LogP contribution in [0.4, 0.5) is 0 Å². The van der Waals surface area contributed by atoms with E-state index in [1.807, 2.05) is 0 Å². The van der Waals surface area contributed by atoms with E-state index in [0.29, 0.717) is 0 Å². The summed E-state index contributed by atoms with van der Waals surface area (Å²) in [6, 6.07) is 21.5. The van der Waals surface area contributed by atoms with Gasteiger partial charge in [-0.05, 0) is 0 Å². The van der Waals surface area contributed by atoms with E-state index in [9.17, 15) is 0 Å². The molecule has 2 heteroatoms. The van der Waals surface area contributed by atoms with Crippen LogP contribution in [0.3, 0.4) is 0 Å². The van der Waals surface area contributed by atoms with Crippen LogP contribution in [-0.4, -0.2) is 5.11 Å². The number of rotatable bonds is 3. The second-order valence-electron chi connectivity index (χ2n) is 3.05. The zero-order chi connectivity index (χ0) is 10.5. The summed E-state index contributed by atoms with van der Waals surface area (Å²) in [5.41, 5.74) is 0. The van der Waals surface area contributed by atoms with Gasteiger partial charge in [0, 0.05) is 0 Å². The predicted molar refractivity (Wildman–Crippen MR) is 66.2 cm³/mol. The Bertz CT molecular complexity index is 385. The van der Waals surface area contributed by atoms with Crippen LogP contribution in [0, 0.1) is 0 Å². The van der Waals surface area contributed by atoms with Crippen molar-refractivity contribution in [3.63, 3.8) is 0 Å².